The highest BCUT2D eigenvalue weighted by Crippen LogP contribution is 2.21. The third-order valence-electron chi connectivity index (χ3n) is 2.84. The van der Waals surface area contributed by atoms with E-state index in [1.165, 1.54) is 0 Å². The predicted molar refractivity (Wildman–Crippen MR) is 70.7 cm³/mol. The zero-order valence-electron chi connectivity index (χ0n) is 11.2. The van der Waals surface area contributed by atoms with Gasteiger partial charge in [-0.1, -0.05) is 24.6 Å². The van der Waals surface area contributed by atoms with Crippen molar-refractivity contribution in [3.8, 4) is 0 Å². The Labute approximate surface area is 104 Å². The molecule has 0 fully saturated rings. The van der Waals surface area contributed by atoms with E-state index in [-0.39, 0.29) is 6.04 Å². The summed E-state index contributed by atoms with van der Waals surface area (Å²) in [5, 5.41) is 0. The molecule has 1 N–H and O–H groups in total. The van der Waals surface area contributed by atoms with Crippen molar-refractivity contribution in [2.24, 2.45) is 0 Å². The average Bonchev–Trinajstić information content (AvgIpc) is 2.14. The van der Waals surface area contributed by atoms with Crippen LogP contribution in [0.1, 0.15) is 37.0 Å². The van der Waals surface area contributed by atoms with Crippen LogP contribution in [0, 0.1) is 20.8 Å². The third-order valence-corrected chi connectivity index (χ3v) is 4.74. The van der Waals surface area contributed by atoms with Gasteiger partial charge in [0.05, 0.1) is 4.90 Å². The van der Waals surface area contributed by atoms with Crippen molar-refractivity contribution < 1.29 is 8.42 Å². The summed E-state index contributed by atoms with van der Waals surface area (Å²) in [6.45, 7) is 9.48. The summed E-state index contributed by atoms with van der Waals surface area (Å²) >= 11 is 0. The molecule has 0 aliphatic rings. The topological polar surface area (TPSA) is 46.2 Å². The summed E-state index contributed by atoms with van der Waals surface area (Å²) in [5.74, 6) is 0. The standard InChI is InChI=1S/C13H21NO2S/c1-6-12(5)14-17(15,16)13-10(3)7-9(2)8-11(13)4/h7-8,12,14H,6H2,1-5H3/t12-/m0/s1. The van der Waals surface area contributed by atoms with Crippen LogP contribution >= 0.6 is 0 Å². The van der Waals surface area contributed by atoms with E-state index in [1.54, 1.807) is 0 Å². The number of benzene rings is 1. The van der Waals surface area contributed by atoms with Gasteiger partial charge < -0.3 is 0 Å². The second kappa shape index (κ2) is 5.19. The SMILES string of the molecule is CC[C@H](C)NS(=O)(=O)c1c(C)cc(C)cc1C. The minimum atomic E-state index is -3.40. The van der Waals surface area contributed by atoms with Gasteiger partial charge in [-0.25, -0.2) is 13.1 Å². The van der Waals surface area contributed by atoms with Crippen LogP contribution in [0.15, 0.2) is 17.0 Å². The number of nitrogens with one attached hydrogen (secondary N) is 1. The first-order chi connectivity index (χ1) is 7.77. The van der Waals surface area contributed by atoms with E-state index >= 15 is 0 Å². The maximum atomic E-state index is 12.2. The molecule has 1 aromatic rings. The molecule has 1 aromatic carbocycles. The Bertz CT molecular complexity index is 483. The fourth-order valence-electron chi connectivity index (χ4n) is 2.00. The summed E-state index contributed by atoms with van der Waals surface area (Å²) in [7, 11) is -3.40. The quantitative estimate of drug-likeness (QED) is 0.899. The molecule has 96 valence electrons. The molecule has 0 heterocycles. The summed E-state index contributed by atoms with van der Waals surface area (Å²) in [6, 6.07) is 3.76. The smallest absolute Gasteiger partial charge is 0.208 e. The van der Waals surface area contributed by atoms with Gasteiger partial charge in [-0.2, -0.15) is 0 Å². The van der Waals surface area contributed by atoms with Gasteiger partial charge >= 0.3 is 0 Å². The Morgan fingerprint density at radius 2 is 1.65 bits per heavy atom. The number of sulfonamides is 1. The fourth-order valence-corrected chi connectivity index (χ4v) is 3.78. The van der Waals surface area contributed by atoms with Crippen LogP contribution in [0.2, 0.25) is 0 Å². The van der Waals surface area contributed by atoms with Crippen molar-refractivity contribution in [2.75, 3.05) is 0 Å². The van der Waals surface area contributed by atoms with Crippen LogP contribution < -0.4 is 4.72 Å². The summed E-state index contributed by atoms with van der Waals surface area (Å²) in [5.41, 5.74) is 2.69. The Morgan fingerprint density at radius 3 is 2.06 bits per heavy atom. The third kappa shape index (κ3) is 3.30. The Kier molecular flexibility index (Phi) is 4.33. The Hall–Kier alpha value is -0.870. The van der Waals surface area contributed by atoms with E-state index in [1.807, 2.05) is 46.8 Å². The van der Waals surface area contributed by atoms with Crippen molar-refractivity contribution in [3.63, 3.8) is 0 Å². The number of aryl methyl sites for hydroxylation is 3. The lowest BCUT2D eigenvalue weighted by Crippen LogP contribution is -2.32. The predicted octanol–water partition coefficient (Wildman–Crippen LogP) is 2.69. The van der Waals surface area contributed by atoms with Crippen LogP contribution in [-0.2, 0) is 10.0 Å². The minimum Gasteiger partial charge on any atom is -0.208 e. The van der Waals surface area contributed by atoms with Crippen LogP contribution in [0.3, 0.4) is 0 Å². The van der Waals surface area contributed by atoms with Crippen LogP contribution in [0.4, 0.5) is 0 Å². The first-order valence-electron chi connectivity index (χ1n) is 5.88. The molecule has 3 nitrogen and oxygen atoms in total. The Balaban J connectivity index is 3.25. The van der Waals surface area contributed by atoms with Gasteiger partial charge in [0.2, 0.25) is 10.0 Å². The van der Waals surface area contributed by atoms with Gasteiger partial charge in [0, 0.05) is 6.04 Å². The van der Waals surface area contributed by atoms with Crippen LogP contribution in [-0.4, -0.2) is 14.5 Å². The maximum absolute atomic E-state index is 12.2. The number of hydrogen-bond donors (Lipinski definition) is 1. The lowest BCUT2D eigenvalue weighted by molar-refractivity contribution is 0.554. The van der Waals surface area contributed by atoms with E-state index in [0.717, 1.165) is 23.1 Å². The molecular weight excluding hydrogens is 234 g/mol. The molecule has 0 unspecified atom stereocenters. The zero-order chi connectivity index (χ0) is 13.2. The van der Waals surface area contributed by atoms with Gasteiger partial charge in [-0.05, 0) is 45.2 Å². The summed E-state index contributed by atoms with van der Waals surface area (Å²) in [4.78, 5) is 0.420. The highest BCUT2D eigenvalue weighted by Gasteiger charge is 2.21. The molecule has 0 saturated carbocycles. The number of hydrogen-bond acceptors (Lipinski definition) is 2. The molecule has 0 spiro atoms. The van der Waals surface area contributed by atoms with Crippen molar-refractivity contribution in [2.45, 2.75) is 52.0 Å². The maximum Gasteiger partial charge on any atom is 0.241 e. The summed E-state index contributed by atoms with van der Waals surface area (Å²) in [6.07, 6.45) is 0.781. The molecule has 0 radical (unpaired) electrons. The second-order valence-electron chi connectivity index (χ2n) is 4.66. The second-order valence-corrected chi connectivity index (χ2v) is 6.31. The van der Waals surface area contributed by atoms with E-state index in [2.05, 4.69) is 4.72 Å². The minimum absolute atomic E-state index is 0.0416. The lowest BCUT2D eigenvalue weighted by Gasteiger charge is -2.16. The Morgan fingerprint density at radius 1 is 1.18 bits per heavy atom. The molecule has 0 aromatic heterocycles. The molecule has 0 aliphatic carbocycles. The van der Waals surface area contributed by atoms with E-state index < -0.39 is 10.0 Å². The summed E-state index contributed by atoms with van der Waals surface area (Å²) < 4.78 is 27.2. The van der Waals surface area contributed by atoms with Crippen molar-refractivity contribution in [3.05, 3.63) is 28.8 Å². The van der Waals surface area contributed by atoms with Crippen molar-refractivity contribution in [1.29, 1.82) is 0 Å². The molecule has 0 saturated heterocycles. The number of rotatable bonds is 4. The van der Waals surface area contributed by atoms with Gasteiger partial charge in [-0.3, -0.25) is 0 Å². The molecule has 1 atom stereocenters. The normalized spacial score (nSPS) is 13.7. The molecule has 0 bridgehead atoms. The van der Waals surface area contributed by atoms with Gasteiger partial charge in [0.25, 0.3) is 0 Å². The fraction of sp³-hybridized carbons (Fsp3) is 0.538. The molecule has 1 rings (SSSR count). The van der Waals surface area contributed by atoms with Gasteiger partial charge in [-0.15, -0.1) is 0 Å². The highest BCUT2D eigenvalue weighted by atomic mass is 32.2. The molecule has 4 heteroatoms. The lowest BCUT2D eigenvalue weighted by atomic mass is 10.1. The van der Waals surface area contributed by atoms with Crippen molar-refractivity contribution in [1.82, 2.24) is 4.72 Å². The highest BCUT2D eigenvalue weighted by molar-refractivity contribution is 7.89. The zero-order valence-corrected chi connectivity index (χ0v) is 12.0. The largest absolute Gasteiger partial charge is 0.241 e. The van der Waals surface area contributed by atoms with Gasteiger partial charge in [0.1, 0.15) is 0 Å². The van der Waals surface area contributed by atoms with Crippen molar-refractivity contribution >= 4 is 10.0 Å². The van der Waals surface area contributed by atoms with Crippen LogP contribution in [0.5, 0.6) is 0 Å². The average molecular weight is 255 g/mol. The van der Waals surface area contributed by atoms with E-state index in [4.69, 9.17) is 0 Å². The molecule has 0 amide bonds. The monoisotopic (exact) mass is 255 g/mol. The van der Waals surface area contributed by atoms with E-state index in [0.29, 0.717) is 4.90 Å². The molecule has 0 aliphatic heterocycles. The molecular formula is C13H21NO2S. The first kappa shape index (κ1) is 14.2. The van der Waals surface area contributed by atoms with E-state index in [9.17, 15) is 8.42 Å². The first-order valence-corrected chi connectivity index (χ1v) is 7.36. The molecule has 17 heavy (non-hydrogen) atoms. The van der Waals surface area contributed by atoms with Gasteiger partial charge in [0.15, 0.2) is 0 Å². The van der Waals surface area contributed by atoms with Crippen LogP contribution in [0.25, 0.3) is 0 Å².